The molecule has 3 rings (SSSR count). The van der Waals surface area contributed by atoms with E-state index in [0.717, 1.165) is 17.0 Å². The molecule has 8 heteroatoms. The van der Waals surface area contributed by atoms with E-state index in [4.69, 9.17) is 14.2 Å². The quantitative estimate of drug-likeness (QED) is 0.675. The maximum atomic E-state index is 12.7. The second-order valence-electron chi connectivity index (χ2n) is 5.94. The summed E-state index contributed by atoms with van der Waals surface area (Å²) in [5.74, 6) is 0.879. The molecule has 28 heavy (non-hydrogen) atoms. The Bertz CT molecular complexity index is 970. The normalized spacial score (nSPS) is 10.4. The first kappa shape index (κ1) is 19.2. The number of nitrogens with zero attached hydrogens (tertiary/aromatic N) is 3. The van der Waals surface area contributed by atoms with Gasteiger partial charge < -0.3 is 19.5 Å². The summed E-state index contributed by atoms with van der Waals surface area (Å²) in [6, 6.07) is 9.05. The summed E-state index contributed by atoms with van der Waals surface area (Å²) in [6.07, 6.45) is 3.46. The van der Waals surface area contributed by atoms with Gasteiger partial charge in [0.2, 0.25) is 5.75 Å². The highest BCUT2D eigenvalue weighted by Crippen LogP contribution is 2.39. The lowest BCUT2D eigenvalue weighted by molar-refractivity contribution is 0.0946. The predicted molar refractivity (Wildman–Crippen MR) is 104 cm³/mol. The van der Waals surface area contributed by atoms with E-state index in [1.165, 1.54) is 21.3 Å². The first-order chi connectivity index (χ1) is 13.6. The van der Waals surface area contributed by atoms with Crippen LogP contribution >= 0.6 is 0 Å². The number of ether oxygens (including phenoxy) is 3. The van der Waals surface area contributed by atoms with E-state index in [1.807, 2.05) is 25.2 Å². The van der Waals surface area contributed by atoms with Crippen LogP contribution in [0.2, 0.25) is 0 Å². The van der Waals surface area contributed by atoms with E-state index in [-0.39, 0.29) is 12.5 Å². The first-order valence-electron chi connectivity index (χ1n) is 8.59. The zero-order valence-corrected chi connectivity index (χ0v) is 16.2. The van der Waals surface area contributed by atoms with Crippen LogP contribution < -0.4 is 19.5 Å². The number of carbonyl (C=O) groups excluding carboxylic acids is 1. The predicted octanol–water partition coefficient (Wildman–Crippen LogP) is 2.44. The van der Waals surface area contributed by atoms with Crippen LogP contribution in [0, 0.1) is 0 Å². The lowest BCUT2D eigenvalue weighted by atomic mass is 10.1. The van der Waals surface area contributed by atoms with Crippen molar-refractivity contribution in [1.82, 2.24) is 20.1 Å². The highest BCUT2D eigenvalue weighted by molar-refractivity contribution is 5.98. The van der Waals surface area contributed by atoms with Crippen LogP contribution in [0.1, 0.15) is 16.1 Å². The zero-order chi connectivity index (χ0) is 20.1. The minimum Gasteiger partial charge on any atom is -0.493 e. The van der Waals surface area contributed by atoms with E-state index in [2.05, 4.69) is 15.4 Å². The van der Waals surface area contributed by atoms with Gasteiger partial charge in [0.05, 0.1) is 44.8 Å². The monoisotopic (exact) mass is 382 g/mol. The Morgan fingerprint density at radius 3 is 2.39 bits per heavy atom. The molecule has 0 atom stereocenters. The topological polar surface area (TPSA) is 87.5 Å². The summed E-state index contributed by atoms with van der Waals surface area (Å²) in [5, 5.41) is 7.33. The Kier molecular flexibility index (Phi) is 5.78. The molecule has 2 aromatic heterocycles. The highest BCUT2D eigenvalue weighted by Gasteiger charge is 2.20. The van der Waals surface area contributed by atoms with Crippen molar-refractivity contribution in [3.8, 4) is 28.5 Å². The van der Waals surface area contributed by atoms with Crippen molar-refractivity contribution in [2.75, 3.05) is 21.3 Å². The molecule has 3 aromatic rings. The van der Waals surface area contributed by atoms with Gasteiger partial charge in [-0.2, -0.15) is 5.10 Å². The van der Waals surface area contributed by atoms with E-state index < -0.39 is 0 Å². The molecule has 0 radical (unpaired) electrons. The van der Waals surface area contributed by atoms with Crippen molar-refractivity contribution in [3.05, 3.63) is 54.0 Å². The standard InChI is InChI=1S/C20H22N4O4/c1-24-16(13-7-9-21-10-8-13)11-14(23-24)12-22-20(25)15-5-6-17(26-2)19(28-4)18(15)27-3/h5-11H,12H2,1-4H3,(H,22,25). The number of hydrogen-bond acceptors (Lipinski definition) is 6. The van der Waals surface area contributed by atoms with E-state index in [0.29, 0.717) is 22.8 Å². The number of amides is 1. The van der Waals surface area contributed by atoms with Crippen LogP contribution in [0.3, 0.4) is 0 Å². The number of aromatic nitrogens is 3. The summed E-state index contributed by atoms with van der Waals surface area (Å²) >= 11 is 0. The molecule has 0 saturated heterocycles. The Balaban J connectivity index is 1.78. The molecule has 1 aromatic carbocycles. The fourth-order valence-corrected chi connectivity index (χ4v) is 2.95. The summed E-state index contributed by atoms with van der Waals surface area (Å²) < 4.78 is 17.7. The third-order valence-corrected chi connectivity index (χ3v) is 4.29. The number of methoxy groups -OCH3 is 3. The summed E-state index contributed by atoms with van der Waals surface area (Å²) in [6.45, 7) is 0.273. The number of nitrogens with one attached hydrogen (secondary N) is 1. The summed E-state index contributed by atoms with van der Waals surface area (Å²) in [7, 11) is 6.36. The lowest BCUT2D eigenvalue weighted by Crippen LogP contribution is -2.23. The molecule has 0 fully saturated rings. The molecule has 1 amide bonds. The van der Waals surface area contributed by atoms with Crippen molar-refractivity contribution in [2.24, 2.45) is 7.05 Å². The molecule has 0 unspecified atom stereocenters. The van der Waals surface area contributed by atoms with Crippen LogP contribution in [0.15, 0.2) is 42.7 Å². The van der Waals surface area contributed by atoms with Gasteiger partial charge in [0, 0.05) is 25.0 Å². The number of benzene rings is 1. The molecule has 146 valence electrons. The third kappa shape index (κ3) is 3.75. The van der Waals surface area contributed by atoms with Crippen LogP contribution in [0.4, 0.5) is 0 Å². The van der Waals surface area contributed by atoms with Gasteiger partial charge in [-0.05, 0) is 30.3 Å². The summed E-state index contributed by atoms with van der Waals surface area (Å²) in [4.78, 5) is 16.7. The molecule has 0 aliphatic heterocycles. The molecule has 8 nitrogen and oxygen atoms in total. The first-order valence-corrected chi connectivity index (χ1v) is 8.59. The van der Waals surface area contributed by atoms with Gasteiger partial charge in [0.15, 0.2) is 11.5 Å². The SMILES string of the molecule is COc1ccc(C(=O)NCc2cc(-c3ccncc3)n(C)n2)c(OC)c1OC. The molecular formula is C20H22N4O4. The fraction of sp³-hybridized carbons (Fsp3) is 0.250. The second kappa shape index (κ2) is 8.43. The second-order valence-corrected chi connectivity index (χ2v) is 5.94. The smallest absolute Gasteiger partial charge is 0.255 e. The number of rotatable bonds is 7. The van der Waals surface area contributed by atoms with E-state index in [1.54, 1.807) is 29.2 Å². The lowest BCUT2D eigenvalue weighted by Gasteiger charge is -2.15. The molecule has 0 saturated carbocycles. The van der Waals surface area contributed by atoms with Gasteiger partial charge in [0.25, 0.3) is 5.91 Å². The molecular weight excluding hydrogens is 360 g/mol. The summed E-state index contributed by atoms with van der Waals surface area (Å²) in [5.41, 5.74) is 3.03. The average molecular weight is 382 g/mol. The van der Waals surface area contributed by atoms with Crippen LogP contribution in [0.25, 0.3) is 11.3 Å². The third-order valence-electron chi connectivity index (χ3n) is 4.29. The van der Waals surface area contributed by atoms with Crippen molar-refractivity contribution >= 4 is 5.91 Å². The maximum Gasteiger partial charge on any atom is 0.255 e. The minimum absolute atomic E-state index is 0.273. The molecule has 2 heterocycles. The number of hydrogen-bond donors (Lipinski definition) is 1. The Labute approximate surface area is 163 Å². The number of carbonyl (C=O) groups is 1. The zero-order valence-electron chi connectivity index (χ0n) is 16.2. The van der Waals surface area contributed by atoms with E-state index >= 15 is 0 Å². The van der Waals surface area contributed by atoms with Gasteiger partial charge in [-0.15, -0.1) is 0 Å². The van der Waals surface area contributed by atoms with Crippen LogP contribution in [-0.2, 0) is 13.6 Å². The van der Waals surface area contributed by atoms with Crippen molar-refractivity contribution in [3.63, 3.8) is 0 Å². The Morgan fingerprint density at radius 1 is 1.04 bits per heavy atom. The molecule has 1 N–H and O–H groups in total. The fourth-order valence-electron chi connectivity index (χ4n) is 2.95. The van der Waals surface area contributed by atoms with Gasteiger partial charge in [-0.1, -0.05) is 0 Å². The van der Waals surface area contributed by atoms with Crippen molar-refractivity contribution < 1.29 is 19.0 Å². The van der Waals surface area contributed by atoms with Crippen LogP contribution in [-0.4, -0.2) is 42.0 Å². The number of pyridine rings is 1. The molecule has 0 bridgehead atoms. The van der Waals surface area contributed by atoms with Gasteiger partial charge in [-0.25, -0.2) is 0 Å². The molecule has 0 spiro atoms. The molecule has 0 aliphatic rings. The number of aryl methyl sites for hydroxylation is 1. The Morgan fingerprint density at radius 2 is 1.75 bits per heavy atom. The minimum atomic E-state index is -0.297. The Hall–Kier alpha value is -3.55. The van der Waals surface area contributed by atoms with Gasteiger partial charge in [-0.3, -0.25) is 14.5 Å². The average Bonchev–Trinajstić information content (AvgIpc) is 3.11. The van der Waals surface area contributed by atoms with Gasteiger partial charge >= 0.3 is 0 Å². The largest absolute Gasteiger partial charge is 0.493 e. The highest BCUT2D eigenvalue weighted by atomic mass is 16.5. The van der Waals surface area contributed by atoms with Gasteiger partial charge in [0.1, 0.15) is 0 Å². The van der Waals surface area contributed by atoms with E-state index in [9.17, 15) is 4.79 Å². The molecule has 0 aliphatic carbocycles. The van der Waals surface area contributed by atoms with Crippen molar-refractivity contribution in [2.45, 2.75) is 6.54 Å². The van der Waals surface area contributed by atoms with Crippen LogP contribution in [0.5, 0.6) is 17.2 Å². The van der Waals surface area contributed by atoms with Crippen molar-refractivity contribution in [1.29, 1.82) is 0 Å². The maximum absolute atomic E-state index is 12.7.